The molecule has 10 heteroatoms. The zero-order valence-corrected chi connectivity index (χ0v) is 20.9. The van der Waals surface area contributed by atoms with E-state index in [-0.39, 0.29) is 17.5 Å². The number of hydrogen-bond donors (Lipinski definition) is 0. The Morgan fingerprint density at radius 3 is 2.79 bits per heavy atom. The van der Waals surface area contributed by atoms with Gasteiger partial charge in [-0.05, 0) is 57.8 Å². The van der Waals surface area contributed by atoms with Crippen LogP contribution in [0.5, 0.6) is 5.88 Å². The molecular weight excluding hydrogens is 458 g/mol. The summed E-state index contributed by atoms with van der Waals surface area (Å²) in [4.78, 5) is 27.1. The number of aromatic nitrogens is 4. The second-order valence-electron chi connectivity index (χ2n) is 9.41. The quantitative estimate of drug-likeness (QED) is 0.376. The normalized spacial score (nSPS) is 16.3. The molecule has 182 valence electrons. The fourth-order valence-electron chi connectivity index (χ4n) is 3.88. The van der Waals surface area contributed by atoms with Crippen LogP contribution in [0.3, 0.4) is 0 Å². The molecule has 1 amide bonds. The lowest BCUT2D eigenvalue weighted by atomic mass is 10.1. The number of nitrogens with zero attached hydrogens (tertiary/aromatic N) is 5. The molecule has 0 spiro atoms. The Labute approximate surface area is 204 Å². The van der Waals surface area contributed by atoms with Crippen molar-refractivity contribution in [2.24, 2.45) is 7.05 Å². The minimum atomic E-state index is -0.503. The first-order valence-corrected chi connectivity index (χ1v) is 11.7. The zero-order valence-electron chi connectivity index (χ0n) is 20.2. The van der Waals surface area contributed by atoms with Gasteiger partial charge < -0.3 is 23.7 Å². The lowest BCUT2D eigenvalue weighted by Gasteiger charge is -2.24. The summed E-state index contributed by atoms with van der Waals surface area (Å²) in [5.41, 5.74) is 2.72. The van der Waals surface area contributed by atoms with E-state index in [1.54, 1.807) is 11.1 Å². The molecule has 3 aromatic heterocycles. The van der Waals surface area contributed by atoms with Crippen molar-refractivity contribution in [3.8, 4) is 17.1 Å². The van der Waals surface area contributed by atoms with Crippen molar-refractivity contribution in [3.63, 3.8) is 0 Å². The topological polar surface area (TPSA) is 91.6 Å². The number of likely N-dealkylation sites (tertiary alicyclic amines) is 1. The molecule has 0 aliphatic carbocycles. The van der Waals surface area contributed by atoms with Gasteiger partial charge in [0.1, 0.15) is 17.9 Å². The fourth-order valence-corrected chi connectivity index (χ4v) is 4.05. The Balaban J connectivity index is 1.31. The number of fused-ring (bicyclic) bond motifs is 1. The summed E-state index contributed by atoms with van der Waals surface area (Å²) in [5, 5.41) is 1.10. The molecule has 1 aliphatic rings. The van der Waals surface area contributed by atoms with Crippen molar-refractivity contribution in [1.82, 2.24) is 24.4 Å². The fraction of sp³-hybridized carbons (Fsp3) is 0.500. The van der Waals surface area contributed by atoms with Crippen molar-refractivity contribution in [2.45, 2.75) is 45.8 Å². The molecule has 1 aliphatic heterocycles. The summed E-state index contributed by atoms with van der Waals surface area (Å²) < 4.78 is 19.1. The number of ether oxygens (including phenoxy) is 3. The molecule has 0 radical (unpaired) electrons. The Kier molecular flexibility index (Phi) is 6.95. The molecule has 9 nitrogen and oxygen atoms in total. The van der Waals surface area contributed by atoms with Crippen LogP contribution >= 0.6 is 11.6 Å². The first-order chi connectivity index (χ1) is 16.1. The van der Waals surface area contributed by atoms with Crippen molar-refractivity contribution in [3.05, 3.63) is 35.4 Å². The van der Waals surface area contributed by atoms with Gasteiger partial charge >= 0.3 is 6.09 Å². The summed E-state index contributed by atoms with van der Waals surface area (Å²) >= 11 is 6.14. The highest BCUT2D eigenvalue weighted by atomic mass is 35.5. The lowest BCUT2D eigenvalue weighted by Crippen LogP contribution is -2.36. The van der Waals surface area contributed by atoms with E-state index in [2.05, 4.69) is 15.0 Å². The minimum Gasteiger partial charge on any atom is -0.475 e. The maximum absolute atomic E-state index is 12.2. The first kappa shape index (κ1) is 24.2. The van der Waals surface area contributed by atoms with Gasteiger partial charge in [-0.1, -0.05) is 0 Å². The predicted octanol–water partition coefficient (Wildman–Crippen LogP) is 4.40. The van der Waals surface area contributed by atoms with E-state index in [4.69, 9.17) is 25.8 Å². The van der Waals surface area contributed by atoms with E-state index >= 15 is 0 Å². The van der Waals surface area contributed by atoms with Gasteiger partial charge in [-0.15, -0.1) is 0 Å². The molecule has 0 aromatic carbocycles. The van der Waals surface area contributed by atoms with Crippen molar-refractivity contribution < 1.29 is 19.0 Å². The maximum Gasteiger partial charge on any atom is 0.410 e. The van der Waals surface area contributed by atoms with Gasteiger partial charge in [-0.2, -0.15) is 4.98 Å². The third kappa shape index (κ3) is 5.59. The smallest absolute Gasteiger partial charge is 0.410 e. The molecule has 0 bridgehead atoms. The highest BCUT2D eigenvalue weighted by Crippen LogP contribution is 2.29. The monoisotopic (exact) mass is 487 g/mol. The van der Waals surface area contributed by atoms with Crippen LogP contribution in [0.25, 0.3) is 22.3 Å². The molecule has 34 heavy (non-hydrogen) atoms. The highest BCUT2D eigenvalue weighted by molar-refractivity contribution is 6.28. The molecule has 1 fully saturated rings. The molecule has 0 saturated carbocycles. The van der Waals surface area contributed by atoms with Crippen LogP contribution in [0, 0.1) is 6.92 Å². The number of rotatable bonds is 6. The Morgan fingerprint density at radius 2 is 2.06 bits per heavy atom. The van der Waals surface area contributed by atoms with E-state index in [9.17, 15) is 4.79 Å². The largest absolute Gasteiger partial charge is 0.475 e. The van der Waals surface area contributed by atoms with Gasteiger partial charge in [0, 0.05) is 42.5 Å². The van der Waals surface area contributed by atoms with Crippen LogP contribution in [-0.2, 0) is 16.5 Å². The number of pyridine rings is 1. The molecule has 3 aromatic rings. The summed E-state index contributed by atoms with van der Waals surface area (Å²) in [6, 6.07) is 3.94. The first-order valence-electron chi connectivity index (χ1n) is 11.3. The van der Waals surface area contributed by atoms with Crippen LogP contribution in [0.4, 0.5) is 4.79 Å². The van der Waals surface area contributed by atoms with Gasteiger partial charge in [-0.3, -0.25) is 0 Å². The summed E-state index contributed by atoms with van der Waals surface area (Å²) in [6.07, 6.45) is 4.11. The number of aryl methyl sites for hydroxylation is 2. The van der Waals surface area contributed by atoms with E-state index in [1.807, 2.05) is 57.6 Å². The maximum atomic E-state index is 12.2. The number of carbonyl (C=O) groups excluding carboxylic acids is 1. The average molecular weight is 488 g/mol. The molecule has 1 atom stereocenters. The highest BCUT2D eigenvalue weighted by Gasteiger charge is 2.30. The Bertz CT molecular complexity index is 1190. The number of halogens is 1. The van der Waals surface area contributed by atoms with Gasteiger partial charge in [-0.25, -0.2) is 14.8 Å². The average Bonchev–Trinajstić information content (AvgIpc) is 3.38. The molecule has 4 heterocycles. The van der Waals surface area contributed by atoms with Crippen LogP contribution in [0.1, 0.15) is 32.8 Å². The second kappa shape index (κ2) is 9.76. The zero-order chi connectivity index (χ0) is 24.5. The van der Waals surface area contributed by atoms with Crippen LogP contribution < -0.4 is 4.74 Å². The van der Waals surface area contributed by atoms with E-state index in [0.29, 0.717) is 32.2 Å². The van der Waals surface area contributed by atoms with Crippen LogP contribution in [-0.4, -0.2) is 68.5 Å². The standard InChI is InChI=1S/C24H30ClN5O4/c1-15-12-16(19-18-7-8-29(5)20(18)28-22(25)27-19)13-26-21(15)33-11-10-32-17-6-9-30(14-17)23(31)34-24(2,3)4/h7-8,12-13,17H,6,9-11,14H2,1-5H3/t17-/m0/s1. The lowest BCUT2D eigenvalue weighted by molar-refractivity contribution is 0.0169. The summed E-state index contributed by atoms with van der Waals surface area (Å²) in [7, 11) is 1.92. The Hall–Kier alpha value is -2.91. The molecular formula is C24H30ClN5O4. The van der Waals surface area contributed by atoms with Gasteiger partial charge in [0.25, 0.3) is 0 Å². The second-order valence-corrected chi connectivity index (χ2v) is 9.75. The van der Waals surface area contributed by atoms with Crippen LogP contribution in [0.2, 0.25) is 5.28 Å². The van der Waals surface area contributed by atoms with Gasteiger partial charge in [0.15, 0.2) is 0 Å². The van der Waals surface area contributed by atoms with Crippen molar-refractivity contribution in [2.75, 3.05) is 26.3 Å². The third-order valence-corrected chi connectivity index (χ3v) is 5.64. The van der Waals surface area contributed by atoms with Gasteiger partial charge in [0.2, 0.25) is 11.2 Å². The van der Waals surface area contributed by atoms with Crippen LogP contribution in [0.15, 0.2) is 24.5 Å². The number of carbonyl (C=O) groups is 1. The molecule has 1 saturated heterocycles. The van der Waals surface area contributed by atoms with Gasteiger partial charge in [0.05, 0.1) is 24.9 Å². The van der Waals surface area contributed by atoms with Crippen molar-refractivity contribution in [1.29, 1.82) is 0 Å². The van der Waals surface area contributed by atoms with E-state index in [0.717, 1.165) is 34.3 Å². The van der Waals surface area contributed by atoms with Crippen molar-refractivity contribution >= 4 is 28.7 Å². The number of hydrogen-bond acceptors (Lipinski definition) is 7. The van der Waals surface area contributed by atoms with E-state index < -0.39 is 5.60 Å². The number of amides is 1. The molecule has 4 rings (SSSR count). The van der Waals surface area contributed by atoms with E-state index in [1.165, 1.54) is 0 Å². The predicted molar refractivity (Wildman–Crippen MR) is 129 cm³/mol. The Morgan fingerprint density at radius 1 is 1.26 bits per heavy atom. The summed E-state index contributed by atoms with van der Waals surface area (Å²) in [6.45, 7) is 9.44. The molecule has 0 unspecified atom stereocenters. The third-order valence-electron chi connectivity index (χ3n) is 5.47. The SMILES string of the molecule is Cc1cc(-c2nc(Cl)nc3c2ccn3C)cnc1OCCO[C@H]1CCN(C(=O)OC(C)(C)C)C1. The summed E-state index contributed by atoms with van der Waals surface area (Å²) in [5.74, 6) is 0.540. The minimum absolute atomic E-state index is 0.0247. The molecule has 0 N–H and O–H groups in total.